The van der Waals surface area contributed by atoms with Gasteiger partial charge in [-0.25, -0.2) is 0 Å². The number of aromatic hydroxyl groups is 1. The molecule has 1 aromatic carbocycles. The molecule has 1 aromatic heterocycles. The lowest BCUT2D eigenvalue weighted by Crippen LogP contribution is -2.18. The van der Waals surface area contributed by atoms with Gasteiger partial charge in [0.15, 0.2) is 0 Å². The van der Waals surface area contributed by atoms with E-state index in [0.29, 0.717) is 5.82 Å². The molecule has 0 radical (unpaired) electrons. The molecule has 0 fully saturated rings. The fourth-order valence-electron chi connectivity index (χ4n) is 1.37. The van der Waals surface area contributed by atoms with E-state index >= 15 is 0 Å². The average Bonchev–Trinajstić information content (AvgIpc) is 2.24. The maximum atomic E-state index is 11.4. The summed E-state index contributed by atoms with van der Waals surface area (Å²) in [5.41, 5.74) is 0.523. The van der Waals surface area contributed by atoms with Gasteiger partial charge in [-0.3, -0.25) is 9.36 Å². The third kappa shape index (κ3) is 1.74. The van der Waals surface area contributed by atoms with E-state index < -0.39 is 0 Å². The van der Waals surface area contributed by atoms with Crippen molar-refractivity contribution in [3.05, 3.63) is 46.8 Å². The quantitative estimate of drug-likeness (QED) is 0.754. The zero-order valence-electron chi connectivity index (χ0n) is 8.21. The molecule has 1 N–H and O–H groups in total. The topological polar surface area (TPSA) is 55.1 Å². The van der Waals surface area contributed by atoms with Gasteiger partial charge in [0.2, 0.25) is 5.88 Å². The molecule has 0 aliphatic carbocycles. The van der Waals surface area contributed by atoms with Crippen LogP contribution >= 0.6 is 0 Å². The van der Waals surface area contributed by atoms with Crippen LogP contribution in [0.5, 0.6) is 5.88 Å². The van der Waals surface area contributed by atoms with Crippen molar-refractivity contribution >= 4 is 0 Å². The molecule has 0 unspecified atom stereocenters. The molecule has 15 heavy (non-hydrogen) atoms. The lowest BCUT2D eigenvalue weighted by Gasteiger charge is -2.06. The van der Waals surface area contributed by atoms with Crippen LogP contribution in [0.4, 0.5) is 0 Å². The summed E-state index contributed by atoms with van der Waals surface area (Å²) in [6, 6.07) is 10.3. The number of benzene rings is 1. The van der Waals surface area contributed by atoms with Crippen LogP contribution < -0.4 is 5.56 Å². The first-order chi connectivity index (χ1) is 7.18. The molecule has 0 saturated heterocycles. The monoisotopic (exact) mass is 202 g/mol. The number of hydrogen-bond donors (Lipinski definition) is 1. The zero-order valence-corrected chi connectivity index (χ0v) is 8.21. The van der Waals surface area contributed by atoms with Crippen molar-refractivity contribution < 1.29 is 5.11 Å². The average molecular weight is 202 g/mol. The van der Waals surface area contributed by atoms with Gasteiger partial charge in [-0.2, -0.15) is 4.98 Å². The molecule has 1 heterocycles. The molecule has 76 valence electrons. The Morgan fingerprint density at radius 1 is 1.27 bits per heavy atom. The number of aromatic nitrogens is 2. The highest BCUT2D eigenvalue weighted by Gasteiger charge is 2.06. The third-order valence-corrected chi connectivity index (χ3v) is 2.15. The fourth-order valence-corrected chi connectivity index (χ4v) is 1.37. The first kappa shape index (κ1) is 9.45. The molecule has 0 amide bonds. The van der Waals surface area contributed by atoms with E-state index in [2.05, 4.69) is 4.98 Å². The molecular formula is C11H10N2O2. The number of hydrogen-bond acceptors (Lipinski definition) is 3. The molecule has 0 aliphatic rings. The van der Waals surface area contributed by atoms with Crippen molar-refractivity contribution in [1.29, 1.82) is 0 Å². The van der Waals surface area contributed by atoms with E-state index in [-0.39, 0.29) is 11.4 Å². The number of rotatable bonds is 1. The van der Waals surface area contributed by atoms with Crippen LogP contribution in [0.15, 0.2) is 41.2 Å². The van der Waals surface area contributed by atoms with E-state index in [1.165, 1.54) is 4.57 Å². The van der Waals surface area contributed by atoms with Crippen molar-refractivity contribution in [2.75, 3.05) is 0 Å². The second-order valence-electron chi connectivity index (χ2n) is 3.20. The van der Waals surface area contributed by atoms with Crippen molar-refractivity contribution in [2.24, 2.45) is 7.05 Å². The van der Waals surface area contributed by atoms with Crippen molar-refractivity contribution in [2.45, 2.75) is 0 Å². The molecular weight excluding hydrogens is 192 g/mol. The van der Waals surface area contributed by atoms with Crippen molar-refractivity contribution in [3.63, 3.8) is 0 Å². The molecule has 0 spiro atoms. The lowest BCUT2D eigenvalue weighted by molar-refractivity contribution is 0.449. The molecule has 0 bridgehead atoms. The van der Waals surface area contributed by atoms with E-state index in [1.54, 1.807) is 7.05 Å². The Hall–Kier alpha value is -2.10. The summed E-state index contributed by atoms with van der Waals surface area (Å²) in [4.78, 5) is 15.3. The minimum atomic E-state index is -0.277. The SMILES string of the molecule is Cn1c(-c2ccccc2)nc(O)cc1=O. The van der Waals surface area contributed by atoms with Gasteiger partial charge in [0, 0.05) is 12.6 Å². The van der Waals surface area contributed by atoms with Crippen LogP contribution in [0.1, 0.15) is 0 Å². The largest absolute Gasteiger partial charge is 0.493 e. The van der Waals surface area contributed by atoms with Crippen molar-refractivity contribution in [1.82, 2.24) is 9.55 Å². The second-order valence-corrected chi connectivity index (χ2v) is 3.20. The Balaban J connectivity index is 2.68. The minimum Gasteiger partial charge on any atom is -0.493 e. The van der Waals surface area contributed by atoms with Crippen LogP contribution in [0.3, 0.4) is 0 Å². The smallest absolute Gasteiger partial charge is 0.257 e. The molecule has 4 nitrogen and oxygen atoms in total. The highest BCUT2D eigenvalue weighted by molar-refractivity contribution is 5.55. The van der Waals surface area contributed by atoms with E-state index in [4.69, 9.17) is 0 Å². The molecule has 4 heteroatoms. The van der Waals surface area contributed by atoms with Crippen LogP contribution in [0.25, 0.3) is 11.4 Å². The Kier molecular flexibility index (Phi) is 2.25. The van der Waals surface area contributed by atoms with Gasteiger partial charge >= 0.3 is 0 Å². The minimum absolute atomic E-state index is 0.253. The highest BCUT2D eigenvalue weighted by atomic mass is 16.3. The van der Waals surface area contributed by atoms with Crippen molar-refractivity contribution in [3.8, 4) is 17.3 Å². The molecule has 0 saturated carbocycles. The van der Waals surface area contributed by atoms with Gasteiger partial charge in [-0.05, 0) is 0 Å². The molecule has 2 aromatic rings. The van der Waals surface area contributed by atoms with Crippen LogP contribution in [-0.2, 0) is 7.05 Å². The highest BCUT2D eigenvalue weighted by Crippen LogP contribution is 2.15. The van der Waals surface area contributed by atoms with Gasteiger partial charge in [0.25, 0.3) is 5.56 Å². The summed E-state index contributed by atoms with van der Waals surface area (Å²) in [5, 5.41) is 9.26. The normalized spacial score (nSPS) is 10.2. The second kappa shape index (κ2) is 3.57. The maximum absolute atomic E-state index is 11.4. The van der Waals surface area contributed by atoms with Gasteiger partial charge in [-0.1, -0.05) is 30.3 Å². The molecule has 0 aliphatic heterocycles. The predicted molar refractivity (Wildman–Crippen MR) is 56.6 cm³/mol. The fraction of sp³-hybridized carbons (Fsp3) is 0.0909. The van der Waals surface area contributed by atoms with E-state index in [1.807, 2.05) is 30.3 Å². The van der Waals surface area contributed by atoms with Crippen LogP contribution in [-0.4, -0.2) is 14.7 Å². The van der Waals surface area contributed by atoms with Crippen LogP contribution in [0.2, 0.25) is 0 Å². The summed E-state index contributed by atoms with van der Waals surface area (Å²) in [5.74, 6) is 0.206. The summed E-state index contributed by atoms with van der Waals surface area (Å²) in [6.45, 7) is 0. The third-order valence-electron chi connectivity index (χ3n) is 2.15. The summed E-state index contributed by atoms with van der Waals surface area (Å²) < 4.78 is 1.40. The number of nitrogens with zero attached hydrogens (tertiary/aromatic N) is 2. The van der Waals surface area contributed by atoms with E-state index in [0.717, 1.165) is 11.6 Å². The summed E-state index contributed by atoms with van der Waals surface area (Å²) >= 11 is 0. The Morgan fingerprint density at radius 2 is 1.93 bits per heavy atom. The molecule has 0 atom stereocenters. The maximum Gasteiger partial charge on any atom is 0.257 e. The zero-order chi connectivity index (χ0) is 10.8. The Labute approximate surface area is 86.5 Å². The summed E-state index contributed by atoms with van der Waals surface area (Å²) in [7, 11) is 1.62. The van der Waals surface area contributed by atoms with E-state index in [9.17, 15) is 9.90 Å². The Bertz CT molecular complexity index is 532. The van der Waals surface area contributed by atoms with Gasteiger partial charge in [0.1, 0.15) is 5.82 Å². The standard InChI is InChI=1S/C11H10N2O2/c1-13-10(15)7-9(14)12-11(13)8-5-3-2-4-6-8/h2-7,14H,1H3. The van der Waals surface area contributed by atoms with Gasteiger partial charge < -0.3 is 5.11 Å². The van der Waals surface area contributed by atoms with Crippen LogP contribution in [0, 0.1) is 0 Å². The lowest BCUT2D eigenvalue weighted by atomic mass is 10.2. The summed E-state index contributed by atoms with van der Waals surface area (Å²) in [6.07, 6.45) is 0. The predicted octanol–water partition coefficient (Wildman–Crippen LogP) is 1.15. The Morgan fingerprint density at radius 3 is 2.60 bits per heavy atom. The van der Waals surface area contributed by atoms with Gasteiger partial charge in [0.05, 0.1) is 6.07 Å². The first-order valence-corrected chi connectivity index (χ1v) is 4.51. The van der Waals surface area contributed by atoms with Gasteiger partial charge in [-0.15, -0.1) is 0 Å². The first-order valence-electron chi connectivity index (χ1n) is 4.51. The molecule has 2 rings (SSSR count).